The van der Waals surface area contributed by atoms with Crippen molar-refractivity contribution in [3.05, 3.63) is 65.7 Å². The third kappa shape index (κ3) is 7.38. The zero-order chi connectivity index (χ0) is 21.3. The van der Waals surface area contributed by atoms with E-state index in [1.165, 1.54) is 11.1 Å². The molecule has 2 N–H and O–H groups in total. The van der Waals surface area contributed by atoms with Gasteiger partial charge in [-0.1, -0.05) is 55.5 Å². The van der Waals surface area contributed by atoms with Gasteiger partial charge in [0.25, 0.3) is 0 Å². The molecule has 5 nitrogen and oxygen atoms in total. The number of halogens is 1. The quantitative estimate of drug-likeness (QED) is 0.308. The van der Waals surface area contributed by atoms with Crippen LogP contribution in [0.4, 0.5) is 0 Å². The zero-order valence-corrected chi connectivity index (χ0v) is 21.5. The van der Waals surface area contributed by atoms with Gasteiger partial charge >= 0.3 is 0 Å². The maximum absolute atomic E-state index is 5.51. The lowest BCUT2D eigenvalue weighted by atomic mass is 9.97. The number of methoxy groups -OCH3 is 1. The average Bonchev–Trinajstić information content (AvgIpc) is 2.78. The highest BCUT2D eigenvalue weighted by molar-refractivity contribution is 14.0. The van der Waals surface area contributed by atoms with Crippen LogP contribution < -0.4 is 15.4 Å². The van der Waals surface area contributed by atoms with Gasteiger partial charge in [0, 0.05) is 44.7 Å². The van der Waals surface area contributed by atoms with Crippen molar-refractivity contribution in [1.82, 2.24) is 15.5 Å². The minimum Gasteiger partial charge on any atom is -0.496 e. The number of rotatable bonds is 7. The maximum Gasteiger partial charge on any atom is 0.191 e. The first kappa shape index (κ1) is 25.5. The van der Waals surface area contributed by atoms with Gasteiger partial charge in [-0.05, 0) is 37.0 Å². The molecule has 0 spiro atoms. The van der Waals surface area contributed by atoms with E-state index in [1.54, 1.807) is 7.11 Å². The van der Waals surface area contributed by atoms with Crippen molar-refractivity contribution in [1.29, 1.82) is 0 Å². The minimum absolute atomic E-state index is 0. The van der Waals surface area contributed by atoms with E-state index < -0.39 is 0 Å². The van der Waals surface area contributed by atoms with Gasteiger partial charge in [-0.25, -0.2) is 0 Å². The Kier molecular flexibility index (Phi) is 10.6. The summed E-state index contributed by atoms with van der Waals surface area (Å²) in [6.45, 7) is 7.47. The van der Waals surface area contributed by atoms with Crippen LogP contribution in [0.3, 0.4) is 0 Å². The highest BCUT2D eigenvalue weighted by Gasteiger charge is 2.26. The van der Waals surface area contributed by atoms with E-state index in [2.05, 4.69) is 76.8 Å². The first-order valence-electron chi connectivity index (χ1n) is 11.0. The van der Waals surface area contributed by atoms with Crippen molar-refractivity contribution < 1.29 is 4.74 Å². The van der Waals surface area contributed by atoms with Gasteiger partial charge in [-0.3, -0.25) is 9.89 Å². The molecule has 0 radical (unpaired) electrons. The summed E-state index contributed by atoms with van der Waals surface area (Å²) < 4.78 is 5.51. The summed E-state index contributed by atoms with van der Waals surface area (Å²) in [5, 5.41) is 7.14. The summed E-state index contributed by atoms with van der Waals surface area (Å²) in [7, 11) is 3.57. The molecular weight excluding hydrogens is 499 g/mol. The van der Waals surface area contributed by atoms with Gasteiger partial charge in [-0.2, -0.15) is 0 Å². The van der Waals surface area contributed by atoms with Gasteiger partial charge in [0.1, 0.15) is 5.75 Å². The van der Waals surface area contributed by atoms with Crippen LogP contribution in [-0.2, 0) is 6.54 Å². The van der Waals surface area contributed by atoms with E-state index in [1.807, 2.05) is 19.2 Å². The number of piperidine rings is 1. The van der Waals surface area contributed by atoms with Crippen LogP contribution in [0.2, 0.25) is 0 Å². The second kappa shape index (κ2) is 12.9. The van der Waals surface area contributed by atoms with Gasteiger partial charge in [0.15, 0.2) is 5.96 Å². The number of aliphatic imine (C=N–C) groups is 1. The number of para-hydroxylation sites is 1. The Morgan fingerprint density at radius 3 is 2.55 bits per heavy atom. The normalized spacial score (nSPS) is 20.5. The largest absolute Gasteiger partial charge is 0.496 e. The van der Waals surface area contributed by atoms with Gasteiger partial charge in [0.2, 0.25) is 0 Å². The second-order valence-electron chi connectivity index (χ2n) is 8.27. The molecule has 0 saturated carbocycles. The van der Waals surface area contributed by atoms with Crippen molar-refractivity contribution in [3.63, 3.8) is 0 Å². The molecule has 1 aliphatic rings. The molecule has 170 valence electrons. The number of ether oxygens (including phenoxy) is 1. The third-order valence-corrected chi connectivity index (χ3v) is 6.05. The molecule has 2 aromatic carbocycles. The molecule has 1 aliphatic heterocycles. The van der Waals surface area contributed by atoms with Crippen LogP contribution in [0.25, 0.3) is 0 Å². The highest BCUT2D eigenvalue weighted by Crippen LogP contribution is 2.25. The van der Waals surface area contributed by atoms with Crippen molar-refractivity contribution in [3.8, 4) is 5.75 Å². The summed E-state index contributed by atoms with van der Waals surface area (Å²) in [5.41, 5.74) is 2.60. The summed E-state index contributed by atoms with van der Waals surface area (Å²) in [4.78, 5) is 7.03. The van der Waals surface area contributed by atoms with Crippen LogP contribution in [0.5, 0.6) is 5.75 Å². The SMILES string of the molecule is CN=C(NCC(C)c1ccccc1OC)NC1CCN(Cc2ccccc2)C(C)C1.I. The summed E-state index contributed by atoms with van der Waals surface area (Å²) in [6.07, 6.45) is 2.25. The molecule has 31 heavy (non-hydrogen) atoms. The Balaban J connectivity index is 0.00000341. The Morgan fingerprint density at radius 2 is 1.87 bits per heavy atom. The average molecular weight is 537 g/mol. The standard InChI is InChI=1S/C25H36N4O.HI/c1-19(23-12-8-9-13-24(23)30-4)17-27-25(26-3)28-22-14-15-29(20(2)16-22)18-21-10-6-5-7-11-21;/h5-13,19-20,22H,14-18H2,1-4H3,(H2,26,27,28);1H. The van der Waals surface area contributed by atoms with Crippen LogP contribution in [0.1, 0.15) is 43.7 Å². The number of hydrogen-bond acceptors (Lipinski definition) is 3. The molecule has 0 aliphatic carbocycles. The second-order valence-corrected chi connectivity index (χ2v) is 8.27. The highest BCUT2D eigenvalue weighted by atomic mass is 127. The summed E-state index contributed by atoms with van der Waals surface area (Å²) in [6, 6.07) is 20.0. The molecule has 3 unspecified atom stereocenters. The number of likely N-dealkylation sites (tertiary alicyclic amines) is 1. The Bertz CT molecular complexity index is 814. The fourth-order valence-corrected chi connectivity index (χ4v) is 4.23. The number of nitrogens with one attached hydrogen (secondary N) is 2. The van der Waals surface area contributed by atoms with Crippen LogP contribution >= 0.6 is 24.0 Å². The van der Waals surface area contributed by atoms with Gasteiger partial charge in [-0.15, -0.1) is 24.0 Å². The molecule has 1 saturated heterocycles. The number of guanidine groups is 1. The fourth-order valence-electron chi connectivity index (χ4n) is 4.23. The molecule has 3 atom stereocenters. The first-order valence-corrected chi connectivity index (χ1v) is 11.0. The van der Waals surface area contributed by atoms with E-state index in [9.17, 15) is 0 Å². The van der Waals surface area contributed by atoms with E-state index >= 15 is 0 Å². The Labute approximate surface area is 204 Å². The predicted octanol–water partition coefficient (Wildman–Crippen LogP) is 4.63. The lowest BCUT2D eigenvalue weighted by Gasteiger charge is -2.38. The maximum atomic E-state index is 5.51. The molecule has 2 aromatic rings. The molecule has 0 amide bonds. The lowest BCUT2D eigenvalue weighted by Crippen LogP contribution is -2.51. The smallest absolute Gasteiger partial charge is 0.191 e. The van der Waals surface area contributed by atoms with E-state index in [0.29, 0.717) is 18.0 Å². The Hall–Kier alpha value is -1.80. The number of nitrogens with zero attached hydrogens (tertiary/aromatic N) is 2. The summed E-state index contributed by atoms with van der Waals surface area (Å²) in [5.74, 6) is 2.14. The van der Waals surface area contributed by atoms with E-state index in [-0.39, 0.29) is 24.0 Å². The molecule has 3 rings (SSSR count). The van der Waals surface area contributed by atoms with Crippen LogP contribution in [0, 0.1) is 0 Å². The molecular formula is C25H37IN4O. The minimum atomic E-state index is 0. The molecule has 0 bridgehead atoms. The summed E-state index contributed by atoms with van der Waals surface area (Å²) >= 11 is 0. The van der Waals surface area contributed by atoms with Crippen molar-refractivity contribution in [2.24, 2.45) is 4.99 Å². The van der Waals surface area contributed by atoms with Crippen molar-refractivity contribution >= 4 is 29.9 Å². The fraction of sp³-hybridized carbons (Fsp3) is 0.480. The van der Waals surface area contributed by atoms with E-state index in [0.717, 1.165) is 44.2 Å². The molecule has 6 heteroatoms. The molecule has 0 aromatic heterocycles. The first-order chi connectivity index (χ1) is 14.6. The van der Waals surface area contributed by atoms with E-state index in [4.69, 9.17) is 4.74 Å². The van der Waals surface area contributed by atoms with Crippen molar-refractivity contribution in [2.45, 2.75) is 51.2 Å². The third-order valence-electron chi connectivity index (χ3n) is 6.05. The van der Waals surface area contributed by atoms with Gasteiger partial charge < -0.3 is 15.4 Å². The lowest BCUT2D eigenvalue weighted by molar-refractivity contribution is 0.134. The predicted molar refractivity (Wildman–Crippen MR) is 141 cm³/mol. The molecule has 1 fully saturated rings. The Morgan fingerprint density at radius 1 is 1.16 bits per heavy atom. The topological polar surface area (TPSA) is 48.9 Å². The number of hydrogen-bond donors (Lipinski definition) is 2. The van der Waals surface area contributed by atoms with Crippen LogP contribution in [-0.4, -0.2) is 50.2 Å². The monoisotopic (exact) mass is 536 g/mol. The van der Waals surface area contributed by atoms with Crippen LogP contribution in [0.15, 0.2) is 59.6 Å². The van der Waals surface area contributed by atoms with Gasteiger partial charge in [0.05, 0.1) is 7.11 Å². The van der Waals surface area contributed by atoms with Crippen molar-refractivity contribution in [2.75, 3.05) is 27.2 Å². The molecule has 1 heterocycles. The zero-order valence-electron chi connectivity index (χ0n) is 19.2. The number of benzene rings is 2.